The molecule has 1 unspecified atom stereocenters. The first-order valence-electron chi connectivity index (χ1n) is 11.1. The number of ketones is 1. The molecule has 0 aliphatic carbocycles. The smallest absolute Gasteiger partial charge is 0.231 e. The number of ether oxygens (including phenoxy) is 2. The summed E-state index contributed by atoms with van der Waals surface area (Å²) in [4.78, 5) is 12.8. The fraction of sp³-hybridized carbons (Fsp3) is 0.565. The number of hydrogen-bond donors (Lipinski definition) is 1. The highest BCUT2D eigenvalue weighted by molar-refractivity contribution is 7.92. The summed E-state index contributed by atoms with van der Waals surface area (Å²) in [7, 11) is -3.98. The number of hydrogen-bond acceptors (Lipinski definition) is 7. The van der Waals surface area contributed by atoms with E-state index in [9.17, 15) is 17.6 Å². The van der Waals surface area contributed by atoms with Crippen LogP contribution in [0.4, 0.5) is 4.39 Å². The number of sulfone groups is 1. The third-order valence-corrected chi connectivity index (χ3v) is 7.25. The number of carbonyl (C=O) groups is 1. The lowest BCUT2D eigenvalue weighted by atomic mass is 9.86. The largest absolute Gasteiger partial charge is 0.474 e. The van der Waals surface area contributed by atoms with Gasteiger partial charge < -0.3 is 15.2 Å². The molecule has 0 spiro atoms. The minimum atomic E-state index is -3.98. The lowest BCUT2D eigenvalue weighted by Crippen LogP contribution is -2.34. The fourth-order valence-corrected chi connectivity index (χ4v) is 5.37. The van der Waals surface area contributed by atoms with Crippen LogP contribution in [-0.2, 0) is 32.3 Å². The summed E-state index contributed by atoms with van der Waals surface area (Å²) in [5, 5.41) is 4.11. The van der Waals surface area contributed by atoms with Crippen LogP contribution in [0.15, 0.2) is 23.2 Å². The van der Waals surface area contributed by atoms with Gasteiger partial charge in [0.1, 0.15) is 29.2 Å². The van der Waals surface area contributed by atoms with Crippen molar-refractivity contribution in [1.82, 2.24) is 9.78 Å². The van der Waals surface area contributed by atoms with Crippen molar-refractivity contribution >= 4 is 15.6 Å². The summed E-state index contributed by atoms with van der Waals surface area (Å²) >= 11 is 0. The van der Waals surface area contributed by atoms with E-state index in [1.54, 1.807) is 0 Å². The first kappa shape index (κ1) is 25.3. The Balaban J connectivity index is 1.81. The quantitative estimate of drug-likeness (QED) is 0.555. The SMILES string of the molecule is CC(C)c1cc(F)cc(C(C)C)c1CC(=O)CS(=O)(=O)c1cnn2c1OCC(OCCN)C2. The van der Waals surface area contributed by atoms with Gasteiger partial charge in [-0.25, -0.2) is 17.5 Å². The number of fused-ring (bicyclic) bond motifs is 1. The fourth-order valence-electron chi connectivity index (χ4n) is 4.05. The molecular weight excluding hydrogens is 449 g/mol. The standard InChI is InChI=1S/C23H32FN3O5S/c1-14(2)19-7-16(24)8-20(15(3)4)21(19)9-17(28)13-33(29,30)22-10-26-27-11-18(31-6-5-25)12-32-23(22)27/h7-8,10,14-15,18H,5-6,9,11-13,25H2,1-4H3. The zero-order valence-corrected chi connectivity index (χ0v) is 20.3. The van der Waals surface area contributed by atoms with E-state index in [0.717, 1.165) is 11.1 Å². The molecule has 8 nitrogen and oxygen atoms in total. The molecule has 2 aromatic rings. The van der Waals surface area contributed by atoms with Gasteiger partial charge in [-0.15, -0.1) is 0 Å². The second-order valence-corrected chi connectivity index (χ2v) is 10.9. The van der Waals surface area contributed by atoms with Gasteiger partial charge in [-0.1, -0.05) is 27.7 Å². The molecule has 182 valence electrons. The van der Waals surface area contributed by atoms with E-state index in [1.807, 2.05) is 27.7 Å². The van der Waals surface area contributed by atoms with Crippen LogP contribution in [0.2, 0.25) is 0 Å². The molecule has 1 atom stereocenters. The van der Waals surface area contributed by atoms with Gasteiger partial charge in [-0.2, -0.15) is 5.10 Å². The maximum Gasteiger partial charge on any atom is 0.231 e. The van der Waals surface area contributed by atoms with Crippen LogP contribution in [0.5, 0.6) is 5.88 Å². The molecule has 1 aliphatic heterocycles. The lowest BCUT2D eigenvalue weighted by Gasteiger charge is -2.24. The Kier molecular flexibility index (Phi) is 7.92. The predicted molar refractivity (Wildman–Crippen MR) is 122 cm³/mol. The summed E-state index contributed by atoms with van der Waals surface area (Å²) in [6, 6.07) is 2.86. The first-order chi connectivity index (χ1) is 15.5. The van der Waals surface area contributed by atoms with E-state index in [1.165, 1.54) is 23.0 Å². The van der Waals surface area contributed by atoms with Crippen molar-refractivity contribution in [3.8, 4) is 5.88 Å². The molecule has 1 aromatic carbocycles. The van der Waals surface area contributed by atoms with Crippen molar-refractivity contribution in [1.29, 1.82) is 0 Å². The van der Waals surface area contributed by atoms with Crippen LogP contribution < -0.4 is 10.5 Å². The predicted octanol–water partition coefficient (Wildman–Crippen LogP) is 2.59. The van der Waals surface area contributed by atoms with Crippen molar-refractivity contribution in [2.24, 2.45) is 5.73 Å². The topological polar surface area (TPSA) is 114 Å². The molecule has 0 saturated heterocycles. The molecule has 0 saturated carbocycles. The van der Waals surface area contributed by atoms with Crippen LogP contribution in [0.1, 0.15) is 56.2 Å². The van der Waals surface area contributed by atoms with Gasteiger partial charge in [-0.05, 0) is 40.7 Å². The lowest BCUT2D eigenvalue weighted by molar-refractivity contribution is -0.116. The van der Waals surface area contributed by atoms with Crippen molar-refractivity contribution < 1.29 is 27.1 Å². The Bertz CT molecular complexity index is 1080. The molecule has 1 aliphatic rings. The molecule has 2 heterocycles. The molecule has 33 heavy (non-hydrogen) atoms. The highest BCUT2D eigenvalue weighted by atomic mass is 32.2. The average molecular weight is 482 g/mol. The van der Waals surface area contributed by atoms with Crippen LogP contribution in [0.3, 0.4) is 0 Å². The Morgan fingerprint density at radius 1 is 1.27 bits per heavy atom. The van der Waals surface area contributed by atoms with E-state index in [4.69, 9.17) is 15.2 Å². The molecule has 0 fully saturated rings. The minimum absolute atomic E-state index is 0.0110. The number of nitrogens with zero attached hydrogens (tertiary/aromatic N) is 2. The van der Waals surface area contributed by atoms with E-state index in [0.29, 0.717) is 25.3 Å². The number of halogens is 1. The molecule has 0 radical (unpaired) electrons. The van der Waals surface area contributed by atoms with Crippen molar-refractivity contribution in [2.75, 3.05) is 25.5 Å². The van der Waals surface area contributed by atoms with Gasteiger partial charge in [0.05, 0.1) is 19.3 Å². The van der Waals surface area contributed by atoms with Gasteiger partial charge in [-0.3, -0.25) is 4.79 Å². The third-order valence-electron chi connectivity index (χ3n) is 5.60. The summed E-state index contributed by atoms with van der Waals surface area (Å²) in [6.07, 6.45) is 0.848. The van der Waals surface area contributed by atoms with Crippen LogP contribution >= 0.6 is 0 Å². The highest BCUT2D eigenvalue weighted by Crippen LogP contribution is 2.31. The molecule has 2 N–H and O–H groups in total. The molecule has 1 aromatic heterocycles. The maximum atomic E-state index is 14.2. The summed E-state index contributed by atoms with van der Waals surface area (Å²) in [5.41, 5.74) is 7.59. The minimum Gasteiger partial charge on any atom is -0.474 e. The summed E-state index contributed by atoms with van der Waals surface area (Å²) < 4.78 is 52.8. The van der Waals surface area contributed by atoms with Crippen LogP contribution in [-0.4, -0.2) is 55.6 Å². The Labute approximate surface area is 194 Å². The average Bonchev–Trinajstić information content (AvgIpc) is 3.16. The van der Waals surface area contributed by atoms with Gasteiger partial charge in [0, 0.05) is 13.0 Å². The highest BCUT2D eigenvalue weighted by Gasteiger charge is 2.32. The second-order valence-electron chi connectivity index (χ2n) is 8.94. The number of Topliss-reactive ketones (excluding diaryl/α,β-unsaturated/α-hetero) is 1. The Hall–Kier alpha value is -2.30. The number of rotatable bonds is 10. The first-order valence-corrected chi connectivity index (χ1v) is 12.8. The Morgan fingerprint density at radius 2 is 1.91 bits per heavy atom. The van der Waals surface area contributed by atoms with E-state index in [2.05, 4.69) is 5.10 Å². The molecular formula is C23H32FN3O5S. The van der Waals surface area contributed by atoms with Crippen molar-refractivity contribution in [2.45, 2.75) is 63.5 Å². The number of aromatic nitrogens is 2. The third kappa shape index (κ3) is 5.80. The van der Waals surface area contributed by atoms with E-state index >= 15 is 0 Å². The van der Waals surface area contributed by atoms with E-state index in [-0.39, 0.29) is 47.6 Å². The zero-order valence-electron chi connectivity index (χ0n) is 19.5. The van der Waals surface area contributed by atoms with Gasteiger partial charge in [0.2, 0.25) is 5.88 Å². The number of carbonyl (C=O) groups excluding carboxylic acids is 1. The normalized spacial score (nSPS) is 16.2. The molecule has 3 rings (SSSR count). The molecule has 0 amide bonds. The van der Waals surface area contributed by atoms with Crippen molar-refractivity contribution in [3.63, 3.8) is 0 Å². The van der Waals surface area contributed by atoms with Crippen LogP contribution in [0, 0.1) is 5.82 Å². The summed E-state index contributed by atoms with van der Waals surface area (Å²) in [6.45, 7) is 8.93. The van der Waals surface area contributed by atoms with Gasteiger partial charge in [0.15, 0.2) is 15.6 Å². The zero-order chi connectivity index (χ0) is 24.3. The Morgan fingerprint density at radius 3 is 2.48 bits per heavy atom. The monoisotopic (exact) mass is 481 g/mol. The summed E-state index contributed by atoms with van der Waals surface area (Å²) in [5.74, 6) is -1.42. The van der Waals surface area contributed by atoms with Crippen LogP contribution in [0.25, 0.3) is 0 Å². The number of nitrogens with two attached hydrogens (primary N) is 1. The van der Waals surface area contributed by atoms with Crippen molar-refractivity contribution in [3.05, 3.63) is 40.8 Å². The van der Waals surface area contributed by atoms with Gasteiger partial charge in [0.25, 0.3) is 0 Å². The van der Waals surface area contributed by atoms with E-state index < -0.39 is 21.4 Å². The number of benzene rings is 1. The molecule has 0 bridgehead atoms. The molecule has 10 heteroatoms. The van der Waals surface area contributed by atoms with Gasteiger partial charge >= 0.3 is 0 Å². The second kappa shape index (κ2) is 10.3. The maximum absolute atomic E-state index is 14.2.